The number of fused-ring (bicyclic) bond motifs is 1. The summed E-state index contributed by atoms with van der Waals surface area (Å²) in [6.07, 6.45) is 10.2. The van der Waals surface area contributed by atoms with Crippen molar-refractivity contribution in [2.24, 2.45) is 11.8 Å². The van der Waals surface area contributed by atoms with Crippen LogP contribution in [0.5, 0.6) is 0 Å². The monoisotopic (exact) mass is 180 g/mol. The molecule has 0 spiro atoms. The predicted octanol–water partition coefficient (Wildman–Crippen LogP) is 2.01. The molecule has 0 bridgehead atoms. The fourth-order valence-corrected chi connectivity index (χ4v) is 2.27. The topological polar surface area (TPSA) is 17.1 Å². The van der Waals surface area contributed by atoms with E-state index in [1.54, 1.807) is 0 Å². The summed E-state index contributed by atoms with van der Waals surface area (Å²) in [6.45, 7) is 0. The number of carbonyl (C=O) groups excluding carboxylic acids is 1. The summed E-state index contributed by atoms with van der Waals surface area (Å²) in [4.78, 5) is 11.6. The molecular weight excluding hydrogens is 168 g/mol. The molecule has 0 aromatic carbocycles. The summed E-state index contributed by atoms with van der Waals surface area (Å²) in [5, 5.41) is -0.0256. The Labute approximate surface area is 77.9 Å². The van der Waals surface area contributed by atoms with Gasteiger partial charge in [-0.05, 0) is 18.8 Å². The fourth-order valence-electron chi connectivity index (χ4n) is 1.95. The van der Waals surface area contributed by atoms with Crippen molar-refractivity contribution < 1.29 is 4.79 Å². The van der Waals surface area contributed by atoms with Crippen LogP contribution in [-0.2, 0) is 4.79 Å². The van der Waals surface area contributed by atoms with E-state index in [1.807, 2.05) is 18.2 Å². The van der Waals surface area contributed by atoms with E-state index in [0.717, 1.165) is 12.8 Å². The molecule has 64 valence electrons. The number of hydrogen-bond acceptors (Lipinski definition) is 2. The molecule has 0 aromatic heterocycles. The van der Waals surface area contributed by atoms with Gasteiger partial charge in [0.1, 0.15) is 0 Å². The summed E-state index contributed by atoms with van der Waals surface area (Å²) in [5.41, 5.74) is 0. The SMILES string of the molecule is O=C1C(S)CCC2C=CC=CC12. The first-order valence-electron chi connectivity index (χ1n) is 4.36. The first kappa shape index (κ1) is 8.11. The molecule has 1 nitrogen and oxygen atoms in total. The van der Waals surface area contributed by atoms with Gasteiger partial charge >= 0.3 is 0 Å². The summed E-state index contributed by atoms with van der Waals surface area (Å²) in [6, 6.07) is 0. The van der Waals surface area contributed by atoms with Crippen molar-refractivity contribution in [1.29, 1.82) is 0 Å². The highest BCUT2D eigenvalue weighted by atomic mass is 32.1. The summed E-state index contributed by atoms with van der Waals surface area (Å²) < 4.78 is 0. The lowest BCUT2D eigenvalue weighted by atomic mass is 9.76. The third-order valence-corrected chi connectivity index (χ3v) is 3.19. The van der Waals surface area contributed by atoms with Crippen LogP contribution in [-0.4, -0.2) is 11.0 Å². The number of rotatable bonds is 0. The van der Waals surface area contributed by atoms with Crippen LogP contribution < -0.4 is 0 Å². The molecule has 0 heterocycles. The molecule has 2 aliphatic rings. The quantitative estimate of drug-likeness (QED) is 0.564. The van der Waals surface area contributed by atoms with Gasteiger partial charge in [0.2, 0.25) is 0 Å². The Bertz CT molecular complexity index is 255. The molecule has 3 unspecified atom stereocenters. The van der Waals surface area contributed by atoms with Crippen molar-refractivity contribution in [3.63, 3.8) is 0 Å². The van der Waals surface area contributed by atoms with Crippen molar-refractivity contribution in [3.8, 4) is 0 Å². The third-order valence-electron chi connectivity index (χ3n) is 2.68. The molecule has 0 aromatic rings. The zero-order valence-corrected chi connectivity index (χ0v) is 7.71. The van der Waals surface area contributed by atoms with E-state index in [0.29, 0.717) is 11.7 Å². The summed E-state index contributed by atoms with van der Waals surface area (Å²) in [7, 11) is 0. The molecule has 0 N–H and O–H groups in total. The van der Waals surface area contributed by atoms with E-state index in [2.05, 4.69) is 18.7 Å². The molecule has 3 atom stereocenters. The maximum atomic E-state index is 11.6. The Morgan fingerprint density at radius 2 is 2.00 bits per heavy atom. The molecule has 1 fully saturated rings. The first-order chi connectivity index (χ1) is 5.79. The fraction of sp³-hybridized carbons (Fsp3) is 0.500. The second kappa shape index (κ2) is 3.09. The number of thiol groups is 1. The molecule has 1 saturated carbocycles. The highest BCUT2D eigenvalue weighted by molar-refractivity contribution is 7.81. The van der Waals surface area contributed by atoms with Crippen LogP contribution in [0.4, 0.5) is 0 Å². The predicted molar refractivity (Wildman–Crippen MR) is 52.3 cm³/mol. The minimum atomic E-state index is -0.0256. The summed E-state index contributed by atoms with van der Waals surface area (Å²) >= 11 is 4.27. The maximum absolute atomic E-state index is 11.6. The van der Waals surface area contributed by atoms with Crippen LogP contribution in [0.3, 0.4) is 0 Å². The lowest BCUT2D eigenvalue weighted by molar-refractivity contribution is -0.123. The van der Waals surface area contributed by atoms with Crippen LogP contribution >= 0.6 is 12.6 Å². The molecule has 0 saturated heterocycles. The zero-order chi connectivity index (χ0) is 8.55. The number of allylic oxidation sites excluding steroid dienone is 4. The maximum Gasteiger partial charge on any atom is 0.152 e. The molecule has 2 aliphatic carbocycles. The van der Waals surface area contributed by atoms with E-state index in [-0.39, 0.29) is 11.2 Å². The van der Waals surface area contributed by atoms with Crippen LogP contribution in [0.2, 0.25) is 0 Å². The van der Waals surface area contributed by atoms with Crippen LogP contribution in [0, 0.1) is 11.8 Å². The highest BCUT2D eigenvalue weighted by Crippen LogP contribution is 2.33. The average molecular weight is 180 g/mol. The second-order valence-electron chi connectivity index (χ2n) is 3.45. The normalized spacial score (nSPS) is 39.8. The van der Waals surface area contributed by atoms with Crippen LogP contribution in [0.15, 0.2) is 24.3 Å². The van der Waals surface area contributed by atoms with E-state index >= 15 is 0 Å². The van der Waals surface area contributed by atoms with E-state index in [1.165, 1.54) is 0 Å². The van der Waals surface area contributed by atoms with Crippen molar-refractivity contribution in [1.82, 2.24) is 0 Å². The van der Waals surface area contributed by atoms with Gasteiger partial charge in [-0.25, -0.2) is 0 Å². The Morgan fingerprint density at radius 1 is 1.25 bits per heavy atom. The van der Waals surface area contributed by atoms with Crippen LogP contribution in [0.1, 0.15) is 12.8 Å². The number of carbonyl (C=O) groups is 1. The summed E-state index contributed by atoms with van der Waals surface area (Å²) in [5.74, 6) is 0.868. The smallest absolute Gasteiger partial charge is 0.152 e. The van der Waals surface area contributed by atoms with Crippen LogP contribution in [0.25, 0.3) is 0 Å². The van der Waals surface area contributed by atoms with E-state index < -0.39 is 0 Å². The van der Waals surface area contributed by atoms with Gasteiger partial charge in [0.05, 0.1) is 5.25 Å². The van der Waals surface area contributed by atoms with Crippen molar-refractivity contribution in [3.05, 3.63) is 24.3 Å². The Morgan fingerprint density at radius 3 is 2.83 bits per heavy atom. The zero-order valence-electron chi connectivity index (χ0n) is 6.81. The first-order valence-corrected chi connectivity index (χ1v) is 4.87. The number of Topliss-reactive ketones (excluding diaryl/α,β-unsaturated/α-hetero) is 1. The Kier molecular flexibility index (Phi) is 2.09. The molecule has 0 radical (unpaired) electrons. The van der Waals surface area contributed by atoms with E-state index in [4.69, 9.17) is 0 Å². The molecule has 0 aliphatic heterocycles. The Balaban J connectivity index is 2.21. The van der Waals surface area contributed by atoms with Gasteiger partial charge in [0.25, 0.3) is 0 Å². The number of ketones is 1. The molecule has 2 heteroatoms. The Hall–Kier alpha value is -0.500. The standard InChI is InChI=1S/C10H12OS/c11-10-8-4-2-1-3-7(8)5-6-9(10)12/h1-4,7-9,12H,5-6H2. The van der Waals surface area contributed by atoms with Gasteiger partial charge in [-0.3, -0.25) is 4.79 Å². The van der Waals surface area contributed by atoms with Gasteiger partial charge in [0, 0.05) is 5.92 Å². The lowest BCUT2D eigenvalue weighted by Crippen LogP contribution is -2.34. The second-order valence-corrected chi connectivity index (χ2v) is 4.08. The van der Waals surface area contributed by atoms with Crippen molar-refractivity contribution in [2.75, 3.05) is 0 Å². The third kappa shape index (κ3) is 1.24. The van der Waals surface area contributed by atoms with Gasteiger partial charge in [-0.2, -0.15) is 12.6 Å². The van der Waals surface area contributed by atoms with E-state index in [9.17, 15) is 4.79 Å². The van der Waals surface area contributed by atoms with Gasteiger partial charge in [-0.1, -0.05) is 24.3 Å². The highest BCUT2D eigenvalue weighted by Gasteiger charge is 2.34. The minimum Gasteiger partial charge on any atom is -0.298 e. The minimum absolute atomic E-state index is 0.0256. The molecule has 12 heavy (non-hydrogen) atoms. The lowest BCUT2D eigenvalue weighted by Gasteiger charge is -2.30. The molecule has 0 amide bonds. The van der Waals surface area contributed by atoms with Gasteiger partial charge < -0.3 is 0 Å². The van der Waals surface area contributed by atoms with Crippen molar-refractivity contribution in [2.45, 2.75) is 18.1 Å². The number of hydrogen-bond donors (Lipinski definition) is 1. The molecule has 2 rings (SSSR count). The van der Waals surface area contributed by atoms with Gasteiger partial charge in [-0.15, -0.1) is 0 Å². The van der Waals surface area contributed by atoms with Gasteiger partial charge in [0.15, 0.2) is 5.78 Å². The average Bonchev–Trinajstić information content (AvgIpc) is 2.12. The largest absolute Gasteiger partial charge is 0.298 e. The van der Waals surface area contributed by atoms with Crippen molar-refractivity contribution >= 4 is 18.4 Å². The molecular formula is C10H12OS.